The summed E-state index contributed by atoms with van der Waals surface area (Å²) in [6, 6.07) is 14.3. The summed E-state index contributed by atoms with van der Waals surface area (Å²) in [4.78, 5) is 22.1. The molecule has 2 aromatic carbocycles. The Labute approximate surface area is 129 Å². The van der Waals surface area contributed by atoms with Gasteiger partial charge in [0.25, 0.3) is 0 Å². The summed E-state index contributed by atoms with van der Waals surface area (Å²) >= 11 is 0. The number of urea groups is 1. The van der Waals surface area contributed by atoms with Crippen molar-refractivity contribution in [1.82, 2.24) is 5.32 Å². The summed E-state index contributed by atoms with van der Waals surface area (Å²) in [5, 5.41) is 5.50. The number of hydrogen-bond donors (Lipinski definition) is 2. The first kappa shape index (κ1) is 15.6. The molecular formula is C17H17N2O3. The molecule has 0 bridgehead atoms. The maximum absolute atomic E-state index is 11.8. The third kappa shape index (κ3) is 4.63. The minimum absolute atomic E-state index is 0.254. The summed E-state index contributed by atoms with van der Waals surface area (Å²) in [7, 11) is 1.61. The van der Waals surface area contributed by atoms with Gasteiger partial charge in [-0.15, -0.1) is 0 Å². The van der Waals surface area contributed by atoms with E-state index in [1.165, 1.54) is 0 Å². The lowest BCUT2D eigenvalue weighted by Crippen LogP contribution is -2.28. The minimum Gasteiger partial charge on any atom is -0.497 e. The number of ether oxygens (including phenoxy) is 1. The van der Waals surface area contributed by atoms with Crippen LogP contribution in [0.5, 0.6) is 5.75 Å². The number of hydrogen-bond acceptors (Lipinski definition) is 3. The van der Waals surface area contributed by atoms with E-state index in [4.69, 9.17) is 4.74 Å². The molecule has 113 valence electrons. The molecular weight excluding hydrogens is 280 g/mol. The van der Waals surface area contributed by atoms with Crippen LogP contribution in [0, 0.1) is 0 Å². The Morgan fingerprint density at radius 2 is 1.68 bits per heavy atom. The van der Waals surface area contributed by atoms with E-state index in [2.05, 4.69) is 10.6 Å². The number of benzene rings is 2. The van der Waals surface area contributed by atoms with Crippen LogP contribution < -0.4 is 15.4 Å². The Morgan fingerprint density at radius 1 is 1.05 bits per heavy atom. The molecule has 0 unspecified atom stereocenters. The molecule has 0 aliphatic carbocycles. The average molecular weight is 297 g/mol. The summed E-state index contributed by atoms with van der Waals surface area (Å²) in [5.41, 5.74) is 2.51. The second kappa shape index (κ2) is 7.83. The third-order valence-corrected chi connectivity index (χ3v) is 3.10. The van der Waals surface area contributed by atoms with Gasteiger partial charge in [-0.2, -0.15) is 0 Å². The lowest BCUT2D eigenvalue weighted by Gasteiger charge is -2.08. The van der Waals surface area contributed by atoms with E-state index in [1.807, 2.05) is 30.6 Å². The lowest BCUT2D eigenvalue weighted by molar-refractivity contribution is 0.251. The number of methoxy groups -OCH3 is 1. The summed E-state index contributed by atoms with van der Waals surface area (Å²) in [6.45, 7) is 0.425. The topological polar surface area (TPSA) is 67.4 Å². The molecule has 1 radical (unpaired) electrons. The van der Waals surface area contributed by atoms with Gasteiger partial charge in [0.1, 0.15) is 5.75 Å². The van der Waals surface area contributed by atoms with Crippen LogP contribution >= 0.6 is 0 Å². The Hall–Kier alpha value is -2.82. The maximum Gasteiger partial charge on any atom is 0.319 e. The van der Waals surface area contributed by atoms with Gasteiger partial charge in [0.05, 0.1) is 7.11 Å². The van der Waals surface area contributed by atoms with Crippen molar-refractivity contribution in [3.63, 3.8) is 0 Å². The summed E-state index contributed by atoms with van der Waals surface area (Å²) in [6.07, 6.45) is 2.09. The highest BCUT2D eigenvalue weighted by Gasteiger charge is 2.02. The summed E-state index contributed by atoms with van der Waals surface area (Å²) < 4.78 is 5.08. The second-order valence-corrected chi connectivity index (χ2v) is 4.67. The van der Waals surface area contributed by atoms with Crippen molar-refractivity contribution in [2.75, 3.05) is 12.4 Å². The fourth-order valence-electron chi connectivity index (χ4n) is 1.89. The number of nitrogens with one attached hydrogen (secondary N) is 2. The van der Waals surface area contributed by atoms with Crippen molar-refractivity contribution in [3.05, 3.63) is 59.7 Å². The highest BCUT2D eigenvalue weighted by Crippen LogP contribution is 2.12. The van der Waals surface area contributed by atoms with Crippen molar-refractivity contribution in [3.8, 4) is 5.75 Å². The molecule has 0 fully saturated rings. The first-order chi connectivity index (χ1) is 10.7. The van der Waals surface area contributed by atoms with Gasteiger partial charge in [-0.25, -0.2) is 4.79 Å². The number of carbonyl (C=O) groups is 1. The molecule has 2 N–H and O–H groups in total. The molecule has 0 saturated carbocycles. The number of carbonyl (C=O) groups excluding carboxylic acids is 2. The standard InChI is InChI=1S/C17H17N2O3/c1-22-16-8-4-14(5-9-16)12-18-17(21)19-15-6-2-13(3-7-15)10-11-20/h2-9H,10,12H2,1H3,(H2,18,19,21). The van der Waals surface area contributed by atoms with Crippen LogP contribution in [-0.4, -0.2) is 19.4 Å². The average Bonchev–Trinajstić information content (AvgIpc) is 2.55. The van der Waals surface area contributed by atoms with Crippen LogP contribution in [0.15, 0.2) is 48.5 Å². The van der Waals surface area contributed by atoms with Crippen LogP contribution in [0.1, 0.15) is 11.1 Å². The highest BCUT2D eigenvalue weighted by molar-refractivity contribution is 5.89. The smallest absolute Gasteiger partial charge is 0.319 e. The Morgan fingerprint density at radius 3 is 2.27 bits per heavy atom. The zero-order chi connectivity index (χ0) is 15.8. The van der Waals surface area contributed by atoms with Crippen LogP contribution in [0.2, 0.25) is 0 Å². The zero-order valence-corrected chi connectivity index (χ0v) is 12.3. The van der Waals surface area contributed by atoms with Crippen LogP contribution in [0.4, 0.5) is 10.5 Å². The van der Waals surface area contributed by atoms with Gasteiger partial charge >= 0.3 is 6.03 Å². The molecule has 0 atom stereocenters. The van der Waals surface area contributed by atoms with Gasteiger partial charge in [0, 0.05) is 18.7 Å². The normalized spacial score (nSPS) is 9.86. The van der Waals surface area contributed by atoms with E-state index < -0.39 is 0 Å². The lowest BCUT2D eigenvalue weighted by atomic mass is 10.1. The molecule has 22 heavy (non-hydrogen) atoms. The van der Waals surface area contributed by atoms with E-state index in [0.717, 1.165) is 16.9 Å². The predicted octanol–water partition coefficient (Wildman–Crippen LogP) is 2.67. The van der Waals surface area contributed by atoms with Gasteiger partial charge in [0.2, 0.25) is 6.29 Å². The molecule has 0 spiro atoms. The Kier molecular flexibility index (Phi) is 5.54. The zero-order valence-electron chi connectivity index (χ0n) is 12.3. The van der Waals surface area contributed by atoms with Crippen molar-refractivity contribution in [2.24, 2.45) is 0 Å². The van der Waals surface area contributed by atoms with Crippen LogP contribution in [-0.2, 0) is 17.8 Å². The first-order valence-corrected chi connectivity index (χ1v) is 6.83. The van der Waals surface area contributed by atoms with Gasteiger partial charge in [0.15, 0.2) is 0 Å². The summed E-state index contributed by atoms with van der Waals surface area (Å²) in [5.74, 6) is 0.779. The van der Waals surface area contributed by atoms with Gasteiger partial charge in [-0.3, -0.25) is 4.79 Å². The van der Waals surface area contributed by atoms with E-state index in [9.17, 15) is 9.59 Å². The maximum atomic E-state index is 11.8. The molecule has 5 heteroatoms. The van der Waals surface area contributed by atoms with Crippen molar-refractivity contribution >= 4 is 18.0 Å². The van der Waals surface area contributed by atoms with Crippen molar-refractivity contribution in [1.29, 1.82) is 0 Å². The monoisotopic (exact) mass is 297 g/mol. The van der Waals surface area contributed by atoms with Crippen molar-refractivity contribution in [2.45, 2.75) is 13.0 Å². The molecule has 0 aliphatic heterocycles. The SMILES string of the molecule is COc1ccc(CNC(=O)Nc2ccc(C[C]=O)cc2)cc1. The molecule has 2 aromatic rings. The van der Waals surface area contributed by atoms with E-state index >= 15 is 0 Å². The predicted molar refractivity (Wildman–Crippen MR) is 84.7 cm³/mol. The molecule has 2 rings (SSSR count). The molecule has 2 amide bonds. The number of anilines is 1. The fourth-order valence-corrected chi connectivity index (χ4v) is 1.89. The Balaban J connectivity index is 1.82. The fraction of sp³-hybridized carbons (Fsp3) is 0.176. The van der Waals surface area contributed by atoms with Gasteiger partial charge < -0.3 is 15.4 Å². The largest absolute Gasteiger partial charge is 0.497 e. The quantitative estimate of drug-likeness (QED) is 0.861. The first-order valence-electron chi connectivity index (χ1n) is 6.83. The van der Waals surface area contributed by atoms with Gasteiger partial charge in [-0.1, -0.05) is 24.3 Å². The van der Waals surface area contributed by atoms with Crippen molar-refractivity contribution < 1.29 is 14.3 Å². The minimum atomic E-state index is -0.287. The number of rotatable bonds is 6. The van der Waals surface area contributed by atoms with Crippen LogP contribution in [0.3, 0.4) is 0 Å². The Bertz CT molecular complexity index is 621. The molecule has 5 nitrogen and oxygen atoms in total. The third-order valence-electron chi connectivity index (χ3n) is 3.10. The molecule has 0 aromatic heterocycles. The van der Waals surface area contributed by atoms with Gasteiger partial charge in [-0.05, 0) is 35.4 Å². The second-order valence-electron chi connectivity index (χ2n) is 4.67. The van der Waals surface area contributed by atoms with E-state index in [-0.39, 0.29) is 12.5 Å². The molecule has 0 heterocycles. The number of amides is 2. The van der Waals surface area contributed by atoms with E-state index in [0.29, 0.717) is 12.2 Å². The molecule has 0 aliphatic rings. The molecule has 0 saturated heterocycles. The van der Waals surface area contributed by atoms with E-state index in [1.54, 1.807) is 31.4 Å². The highest BCUT2D eigenvalue weighted by atomic mass is 16.5. The van der Waals surface area contributed by atoms with Crippen LogP contribution in [0.25, 0.3) is 0 Å².